The minimum absolute atomic E-state index is 0.0646. The lowest BCUT2D eigenvalue weighted by Crippen LogP contribution is -2.27. The van der Waals surface area contributed by atoms with E-state index in [2.05, 4.69) is 0 Å². The van der Waals surface area contributed by atoms with E-state index in [1.54, 1.807) is 0 Å². The summed E-state index contributed by atoms with van der Waals surface area (Å²) in [6.07, 6.45) is 0.0924. The summed E-state index contributed by atoms with van der Waals surface area (Å²) in [6, 6.07) is 0. The molecule has 0 saturated heterocycles. The molecular weight excluding hydrogens is 204 g/mol. The monoisotopic (exact) mass is 218 g/mol. The van der Waals surface area contributed by atoms with Crippen molar-refractivity contribution in [2.45, 2.75) is 26.2 Å². The number of rotatable bonds is 7. The van der Waals surface area contributed by atoms with Gasteiger partial charge in [0.05, 0.1) is 11.8 Å². The largest absolute Gasteiger partial charge is 0.481 e. The van der Waals surface area contributed by atoms with Crippen LogP contribution in [0.15, 0.2) is 0 Å². The number of carboxylic acid groups (broad SMARTS) is 3. The van der Waals surface area contributed by atoms with Crippen LogP contribution in [0.1, 0.15) is 26.2 Å². The first-order valence-electron chi connectivity index (χ1n) is 4.53. The van der Waals surface area contributed by atoms with Crippen LogP contribution >= 0.6 is 0 Å². The molecule has 2 unspecified atom stereocenters. The van der Waals surface area contributed by atoms with Gasteiger partial charge in [0.1, 0.15) is 0 Å². The first-order chi connectivity index (χ1) is 6.86. The molecule has 86 valence electrons. The van der Waals surface area contributed by atoms with E-state index >= 15 is 0 Å². The number of carboxylic acids is 3. The molecule has 2 atom stereocenters. The topological polar surface area (TPSA) is 112 Å². The number of hydrogen-bond donors (Lipinski definition) is 3. The summed E-state index contributed by atoms with van der Waals surface area (Å²) < 4.78 is 0. The minimum Gasteiger partial charge on any atom is -0.481 e. The zero-order valence-corrected chi connectivity index (χ0v) is 8.34. The van der Waals surface area contributed by atoms with E-state index in [-0.39, 0.29) is 19.3 Å². The molecular formula is C9H14O6. The molecule has 0 saturated carbocycles. The van der Waals surface area contributed by atoms with Gasteiger partial charge in [-0.25, -0.2) is 0 Å². The lowest BCUT2D eigenvalue weighted by atomic mass is 9.89. The first-order valence-corrected chi connectivity index (χ1v) is 4.53. The smallest absolute Gasteiger partial charge is 0.307 e. The molecule has 0 aromatic rings. The van der Waals surface area contributed by atoms with E-state index < -0.39 is 29.7 Å². The molecule has 0 aromatic heterocycles. The van der Waals surface area contributed by atoms with Gasteiger partial charge in [0.2, 0.25) is 0 Å². The van der Waals surface area contributed by atoms with Crippen molar-refractivity contribution in [3.63, 3.8) is 0 Å². The van der Waals surface area contributed by atoms with Crippen LogP contribution in [0, 0.1) is 11.8 Å². The predicted octanol–water partition coefficient (Wildman–Crippen LogP) is 0.663. The molecule has 0 heterocycles. The van der Waals surface area contributed by atoms with Gasteiger partial charge in [-0.2, -0.15) is 0 Å². The van der Waals surface area contributed by atoms with Gasteiger partial charge in [-0.15, -0.1) is 0 Å². The summed E-state index contributed by atoms with van der Waals surface area (Å²) in [5.74, 6) is -5.42. The lowest BCUT2D eigenvalue weighted by molar-refractivity contribution is -0.153. The van der Waals surface area contributed by atoms with Gasteiger partial charge in [-0.05, 0) is 12.8 Å². The molecule has 0 aromatic carbocycles. The van der Waals surface area contributed by atoms with Crippen molar-refractivity contribution in [1.82, 2.24) is 0 Å². The zero-order chi connectivity index (χ0) is 12.0. The van der Waals surface area contributed by atoms with Crippen LogP contribution in [0.2, 0.25) is 0 Å². The van der Waals surface area contributed by atoms with Crippen LogP contribution in [0.4, 0.5) is 0 Å². The Morgan fingerprint density at radius 2 is 1.60 bits per heavy atom. The molecule has 0 aliphatic heterocycles. The lowest BCUT2D eigenvalue weighted by Gasteiger charge is -2.15. The van der Waals surface area contributed by atoms with Crippen molar-refractivity contribution in [2.75, 3.05) is 0 Å². The highest BCUT2D eigenvalue weighted by atomic mass is 16.4. The average molecular weight is 218 g/mol. The van der Waals surface area contributed by atoms with Gasteiger partial charge < -0.3 is 15.3 Å². The number of aliphatic carboxylic acids is 3. The van der Waals surface area contributed by atoms with E-state index in [0.717, 1.165) is 0 Å². The van der Waals surface area contributed by atoms with Crippen LogP contribution in [0.3, 0.4) is 0 Å². The Morgan fingerprint density at radius 1 is 1.07 bits per heavy atom. The highest BCUT2D eigenvalue weighted by Crippen LogP contribution is 2.19. The summed E-state index contributed by atoms with van der Waals surface area (Å²) in [6.45, 7) is 1.31. The Morgan fingerprint density at radius 3 is 1.93 bits per heavy atom. The average Bonchev–Trinajstić information content (AvgIpc) is 2.10. The van der Waals surface area contributed by atoms with Crippen molar-refractivity contribution in [3.05, 3.63) is 0 Å². The normalized spacial score (nSPS) is 14.2. The molecule has 6 heteroatoms. The molecule has 0 aliphatic rings. The quantitative estimate of drug-likeness (QED) is 0.578. The second-order valence-electron chi connectivity index (χ2n) is 3.36. The molecule has 6 nitrogen and oxygen atoms in total. The maximum Gasteiger partial charge on any atom is 0.307 e. The van der Waals surface area contributed by atoms with E-state index in [9.17, 15) is 14.4 Å². The van der Waals surface area contributed by atoms with E-state index in [1.165, 1.54) is 6.92 Å². The molecule has 0 radical (unpaired) electrons. The summed E-state index contributed by atoms with van der Waals surface area (Å²) in [7, 11) is 0. The van der Waals surface area contributed by atoms with Crippen LogP contribution < -0.4 is 0 Å². The first kappa shape index (κ1) is 13.4. The van der Waals surface area contributed by atoms with Crippen molar-refractivity contribution >= 4 is 17.9 Å². The zero-order valence-electron chi connectivity index (χ0n) is 8.34. The summed E-state index contributed by atoms with van der Waals surface area (Å²) in [5, 5.41) is 25.7. The van der Waals surface area contributed by atoms with E-state index in [1.807, 2.05) is 0 Å². The van der Waals surface area contributed by atoms with Gasteiger partial charge in [-0.3, -0.25) is 14.4 Å². The maximum absolute atomic E-state index is 10.7. The molecule has 0 rings (SSSR count). The molecule has 15 heavy (non-hydrogen) atoms. The van der Waals surface area contributed by atoms with Crippen molar-refractivity contribution in [1.29, 1.82) is 0 Å². The van der Waals surface area contributed by atoms with Gasteiger partial charge in [-0.1, -0.05) is 6.92 Å². The van der Waals surface area contributed by atoms with E-state index in [0.29, 0.717) is 0 Å². The van der Waals surface area contributed by atoms with Crippen LogP contribution in [-0.4, -0.2) is 33.2 Å². The van der Waals surface area contributed by atoms with Gasteiger partial charge >= 0.3 is 17.9 Å². The molecule has 3 N–H and O–H groups in total. The number of carbonyl (C=O) groups is 3. The molecule has 0 spiro atoms. The van der Waals surface area contributed by atoms with Gasteiger partial charge in [0.15, 0.2) is 0 Å². The third kappa shape index (κ3) is 4.99. The summed E-state index contributed by atoms with van der Waals surface area (Å²) >= 11 is 0. The third-order valence-electron chi connectivity index (χ3n) is 2.22. The van der Waals surface area contributed by atoms with Crippen LogP contribution in [-0.2, 0) is 14.4 Å². The predicted molar refractivity (Wildman–Crippen MR) is 49.4 cm³/mol. The SMILES string of the molecule is CC(C(=O)O)C(CCCC(=O)O)C(=O)O. The van der Waals surface area contributed by atoms with Crippen molar-refractivity contribution in [3.8, 4) is 0 Å². The fourth-order valence-electron chi connectivity index (χ4n) is 1.23. The fourth-order valence-corrected chi connectivity index (χ4v) is 1.23. The van der Waals surface area contributed by atoms with E-state index in [4.69, 9.17) is 15.3 Å². The molecule has 0 bridgehead atoms. The molecule has 0 aliphatic carbocycles. The van der Waals surface area contributed by atoms with Gasteiger partial charge in [0, 0.05) is 6.42 Å². The summed E-state index contributed by atoms with van der Waals surface area (Å²) in [5.41, 5.74) is 0. The Kier molecular flexibility index (Phi) is 5.36. The number of hydrogen-bond acceptors (Lipinski definition) is 3. The third-order valence-corrected chi connectivity index (χ3v) is 2.22. The van der Waals surface area contributed by atoms with Crippen LogP contribution in [0.25, 0.3) is 0 Å². The van der Waals surface area contributed by atoms with Crippen LogP contribution in [0.5, 0.6) is 0 Å². The van der Waals surface area contributed by atoms with Crippen molar-refractivity contribution < 1.29 is 29.7 Å². The Hall–Kier alpha value is -1.59. The highest BCUT2D eigenvalue weighted by molar-refractivity contribution is 5.79. The highest BCUT2D eigenvalue weighted by Gasteiger charge is 2.29. The molecule has 0 fully saturated rings. The second-order valence-corrected chi connectivity index (χ2v) is 3.36. The molecule has 0 amide bonds. The van der Waals surface area contributed by atoms with Gasteiger partial charge in [0.25, 0.3) is 0 Å². The summed E-state index contributed by atoms with van der Waals surface area (Å²) in [4.78, 5) is 31.5. The Bertz CT molecular complexity index is 259. The Balaban J connectivity index is 4.23. The fraction of sp³-hybridized carbons (Fsp3) is 0.667. The van der Waals surface area contributed by atoms with Crippen molar-refractivity contribution in [2.24, 2.45) is 11.8 Å². The maximum atomic E-state index is 10.7. The Labute approximate surface area is 86.5 Å². The minimum atomic E-state index is -1.20. The second kappa shape index (κ2) is 6.00. The standard InChI is InChI=1S/C9H14O6/c1-5(8(12)13)6(9(14)15)3-2-4-7(10)11/h5-6H,2-4H2,1H3,(H,10,11)(H,12,13)(H,14,15).